The molecule has 2 rings (SSSR count). The van der Waals surface area contributed by atoms with E-state index in [0.29, 0.717) is 22.6 Å². The fraction of sp³-hybridized carbons (Fsp3) is 0.375. The third-order valence-electron chi connectivity index (χ3n) is 3.35. The van der Waals surface area contributed by atoms with Crippen molar-refractivity contribution in [3.63, 3.8) is 0 Å². The lowest BCUT2D eigenvalue weighted by Gasteiger charge is -2.29. The van der Waals surface area contributed by atoms with Crippen LogP contribution in [-0.2, 0) is 11.0 Å². The summed E-state index contributed by atoms with van der Waals surface area (Å²) in [6.07, 6.45) is -3.76. The van der Waals surface area contributed by atoms with Crippen molar-refractivity contribution in [1.29, 1.82) is 0 Å². The number of thiazole rings is 1. The van der Waals surface area contributed by atoms with Gasteiger partial charge in [0.05, 0.1) is 12.1 Å². The minimum atomic E-state index is -4.47. The van der Waals surface area contributed by atoms with Crippen LogP contribution in [0.15, 0.2) is 30.5 Å². The minimum Gasteiger partial charge on any atom is -0.301 e. The Morgan fingerprint density at radius 1 is 1.21 bits per heavy atom. The van der Waals surface area contributed by atoms with Crippen LogP contribution in [0.2, 0.25) is 5.02 Å². The molecule has 1 atom stereocenters. The van der Waals surface area contributed by atoms with Gasteiger partial charge in [-0.15, -0.1) is 0 Å². The van der Waals surface area contributed by atoms with E-state index in [2.05, 4.69) is 10.3 Å². The Hall–Kier alpha value is -1.60. The topological polar surface area (TPSA) is 42.0 Å². The van der Waals surface area contributed by atoms with Gasteiger partial charge in [-0.05, 0) is 23.1 Å². The number of carbonyl (C=O) groups is 1. The fourth-order valence-electron chi connectivity index (χ4n) is 2.34. The Morgan fingerprint density at radius 2 is 1.79 bits per heavy atom. The molecule has 0 fully saturated rings. The lowest BCUT2D eigenvalue weighted by atomic mass is 9.76. The summed E-state index contributed by atoms with van der Waals surface area (Å²) in [5.41, 5.74) is 0.291. The molecule has 130 valence electrons. The maximum Gasteiger partial charge on any atom is 0.427 e. The van der Waals surface area contributed by atoms with Crippen molar-refractivity contribution in [2.75, 3.05) is 5.32 Å². The van der Waals surface area contributed by atoms with Gasteiger partial charge in [0.1, 0.15) is 4.88 Å². The van der Waals surface area contributed by atoms with E-state index in [-0.39, 0.29) is 5.13 Å². The van der Waals surface area contributed by atoms with Crippen LogP contribution in [0.1, 0.15) is 37.1 Å². The monoisotopic (exact) mass is 376 g/mol. The van der Waals surface area contributed by atoms with Crippen LogP contribution in [0.4, 0.5) is 18.3 Å². The summed E-state index contributed by atoms with van der Waals surface area (Å²) in [5, 5.41) is 2.96. The summed E-state index contributed by atoms with van der Waals surface area (Å²) in [6.45, 7) is 5.65. The normalized spacial score (nSPS) is 13.6. The molecule has 0 aliphatic rings. The molecule has 3 nitrogen and oxygen atoms in total. The Bertz CT molecular complexity index is 720. The molecule has 0 saturated carbocycles. The average Bonchev–Trinajstić information content (AvgIpc) is 2.88. The lowest BCUT2D eigenvalue weighted by molar-refractivity contribution is -0.134. The van der Waals surface area contributed by atoms with Gasteiger partial charge in [-0.3, -0.25) is 4.79 Å². The lowest BCUT2D eigenvalue weighted by Crippen LogP contribution is -2.31. The number of carbonyl (C=O) groups excluding carboxylic acids is 1. The predicted octanol–water partition coefficient (Wildman–Crippen LogP) is 5.58. The van der Waals surface area contributed by atoms with Crippen LogP contribution in [0.25, 0.3) is 0 Å². The van der Waals surface area contributed by atoms with Gasteiger partial charge in [-0.1, -0.05) is 55.8 Å². The third-order valence-corrected chi connectivity index (χ3v) is 4.56. The second kappa shape index (κ2) is 6.72. The molecule has 2 aromatic rings. The van der Waals surface area contributed by atoms with Crippen LogP contribution in [-0.4, -0.2) is 10.9 Å². The smallest absolute Gasteiger partial charge is 0.301 e. The van der Waals surface area contributed by atoms with Crippen LogP contribution in [0.5, 0.6) is 0 Å². The number of nitrogens with one attached hydrogen (secondary N) is 1. The second-order valence-corrected chi connectivity index (χ2v) is 7.83. The first-order chi connectivity index (χ1) is 11.0. The zero-order valence-corrected chi connectivity index (χ0v) is 14.8. The van der Waals surface area contributed by atoms with Gasteiger partial charge in [0, 0.05) is 5.02 Å². The van der Waals surface area contributed by atoms with E-state index in [1.165, 1.54) is 0 Å². The zero-order chi connectivity index (χ0) is 18.1. The number of hydrogen-bond acceptors (Lipinski definition) is 3. The van der Waals surface area contributed by atoms with Crippen molar-refractivity contribution in [3.05, 3.63) is 45.9 Å². The van der Waals surface area contributed by atoms with Gasteiger partial charge in [0.2, 0.25) is 5.91 Å². The van der Waals surface area contributed by atoms with Crippen LogP contribution in [0, 0.1) is 5.41 Å². The Labute approximate surface area is 146 Å². The van der Waals surface area contributed by atoms with Crippen molar-refractivity contribution < 1.29 is 18.0 Å². The van der Waals surface area contributed by atoms with Gasteiger partial charge in [-0.2, -0.15) is 13.2 Å². The van der Waals surface area contributed by atoms with Crippen LogP contribution < -0.4 is 5.32 Å². The zero-order valence-electron chi connectivity index (χ0n) is 13.2. The number of amides is 1. The number of benzene rings is 1. The summed E-state index contributed by atoms with van der Waals surface area (Å²) in [6, 6.07) is 6.82. The second-order valence-electron chi connectivity index (χ2n) is 6.37. The van der Waals surface area contributed by atoms with Gasteiger partial charge < -0.3 is 5.32 Å². The first-order valence-electron chi connectivity index (χ1n) is 7.08. The highest BCUT2D eigenvalue weighted by Crippen LogP contribution is 2.38. The van der Waals surface area contributed by atoms with Gasteiger partial charge >= 0.3 is 6.18 Å². The number of aromatic nitrogens is 1. The van der Waals surface area contributed by atoms with Crippen molar-refractivity contribution in [2.45, 2.75) is 32.9 Å². The largest absolute Gasteiger partial charge is 0.427 e. The van der Waals surface area contributed by atoms with Gasteiger partial charge in [0.25, 0.3) is 0 Å². The number of alkyl halides is 3. The molecule has 0 aliphatic heterocycles. The summed E-state index contributed by atoms with van der Waals surface area (Å²) >= 11 is 6.27. The fourth-order valence-corrected chi connectivity index (χ4v) is 3.15. The standard InChI is InChI=1S/C16H16ClF3N2OS/c1-15(2,3)12(9-4-6-10(17)7-5-9)13(23)22-14-21-8-11(24-14)16(18,19)20/h4-8,12H,1-3H3,(H,21,22,23)/t12-/m0/s1. The van der Waals surface area contributed by atoms with Gasteiger partial charge in [-0.25, -0.2) is 4.98 Å². The van der Waals surface area contributed by atoms with E-state index < -0.39 is 28.3 Å². The summed E-state index contributed by atoms with van der Waals surface area (Å²) in [7, 11) is 0. The van der Waals surface area contributed by atoms with Gasteiger partial charge in [0.15, 0.2) is 5.13 Å². The summed E-state index contributed by atoms with van der Waals surface area (Å²) in [5.74, 6) is -0.971. The Morgan fingerprint density at radius 3 is 2.25 bits per heavy atom. The van der Waals surface area contributed by atoms with E-state index >= 15 is 0 Å². The molecule has 0 unspecified atom stereocenters. The molecule has 0 spiro atoms. The number of anilines is 1. The molecule has 0 aliphatic carbocycles. The number of halogens is 4. The SMILES string of the molecule is CC(C)(C)[C@H](C(=O)Nc1ncc(C(F)(F)F)s1)c1ccc(Cl)cc1. The Balaban J connectivity index is 2.26. The highest BCUT2D eigenvalue weighted by atomic mass is 35.5. The molecule has 0 radical (unpaired) electrons. The van der Waals surface area contributed by atoms with E-state index in [0.717, 1.165) is 5.56 Å². The molecular formula is C16H16ClF3N2OS. The maximum absolute atomic E-state index is 12.6. The number of rotatable bonds is 3. The highest BCUT2D eigenvalue weighted by molar-refractivity contribution is 7.15. The molecule has 8 heteroatoms. The van der Waals surface area contributed by atoms with E-state index in [1.54, 1.807) is 24.3 Å². The highest BCUT2D eigenvalue weighted by Gasteiger charge is 2.35. The van der Waals surface area contributed by atoms with Crippen molar-refractivity contribution >= 4 is 34.0 Å². The quantitative estimate of drug-likeness (QED) is 0.759. The molecule has 0 saturated heterocycles. The molecule has 1 amide bonds. The molecule has 1 aromatic carbocycles. The van der Waals surface area contributed by atoms with E-state index in [4.69, 9.17) is 11.6 Å². The summed E-state index contributed by atoms with van der Waals surface area (Å²) in [4.78, 5) is 15.4. The van der Waals surface area contributed by atoms with E-state index in [1.807, 2.05) is 20.8 Å². The minimum absolute atomic E-state index is 0.0736. The number of hydrogen-bond donors (Lipinski definition) is 1. The molecular weight excluding hydrogens is 361 g/mol. The van der Waals surface area contributed by atoms with Crippen LogP contribution >= 0.6 is 22.9 Å². The van der Waals surface area contributed by atoms with Crippen LogP contribution in [0.3, 0.4) is 0 Å². The number of nitrogens with zero attached hydrogens (tertiary/aromatic N) is 1. The Kier molecular flexibility index (Phi) is 5.25. The average molecular weight is 377 g/mol. The van der Waals surface area contributed by atoms with Crippen molar-refractivity contribution in [2.24, 2.45) is 5.41 Å². The summed E-state index contributed by atoms with van der Waals surface area (Å²) < 4.78 is 37.9. The van der Waals surface area contributed by atoms with Crippen molar-refractivity contribution in [1.82, 2.24) is 4.98 Å². The first kappa shape index (κ1) is 18.7. The van der Waals surface area contributed by atoms with Crippen molar-refractivity contribution in [3.8, 4) is 0 Å². The van der Waals surface area contributed by atoms with E-state index in [9.17, 15) is 18.0 Å². The molecule has 1 N–H and O–H groups in total. The predicted molar refractivity (Wildman–Crippen MR) is 89.4 cm³/mol. The first-order valence-corrected chi connectivity index (χ1v) is 8.27. The molecule has 0 bridgehead atoms. The molecule has 1 heterocycles. The molecule has 1 aromatic heterocycles. The maximum atomic E-state index is 12.6. The third kappa shape index (κ3) is 4.48. The molecule has 24 heavy (non-hydrogen) atoms.